The van der Waals surface area contributed by atoms with E-state index in [2.05, 4.69) is 0 Å². The highest BCUT2D eigenvalue weighted by atomic mass is 31.1. The van der Waals surface area contributed by atoms with Gasteiger partial charge in [-0.2, -0.15) is 0 Å². The second-order valence-corrected chi connectivity index (χ2v) is 7.11. The van der Waals surface area contributed by atoms with Gasteiger partial charge in [-0.25, -0.2) is 13.2 Å². The van der Waals surface area contributed by atoms with Gasteiger partial charge in [-0.05, 0) is 54.9 Å². The highest BCUT2D eigenvalue weighted by Crippen LogP contribution is 2.36. The van der Waals surface area contributed by atoms with Crippen LogP contribution < -0.4 is 15.9 Å². The number of hydrogen-bond donors (Lipinski definition) is 1. The Morgan fingerprint density at radius 2 is 1.04 bits per heavy atom. The Bertz CT molecular complexity index is 771. The van der Waals surface area contributed by atoms with E-state index in [4.69, 9.17) is 0 Å². The van der Waals surface area contributed by atoms with Crippen LogP contribution in [0.2, 0.25) is 0 Å². The fourth-order valence-corrected chi connectivity index (χ4v) is 4.56. The highest BCUT2D eigenvalue weighted by Gasteiger charge is 2.20. The second kappa shape index (κ2) is 6.43. The van der Waals surface area contributed by atoms with E-state index in [1.54, 1.807) is 24.3 Å². The molecule has 1 N–H and O–H groups in total. The van der Waals surface area contributed by atoms with Crippen molar-refractivity contribution in [2.24, 2.45) is 0 Å². The number of rotatable bonds is 3. The average molecular weight is 332 g/mol. The van der Waals surface area contributed by atoms with Crippen LogP contribution in [0.3, 0.4) is 0 Å². The van der Waals surface area contributed by atoms with Crippen molar-refractivity contribution in [2.45, 2.75) is 0 Å². The number of aromatic hydroxyl groups is 1. The lowest BCUT2D eigenvalue weighted by Gasteiger charge is -2.20. The van der Waals surface area contributed by atoms with Crippen LogP contribution in [0.4, 0.5) is 13.2 Å². The van der Waals surface area contributed by atoms with Gasteiger partial charge in [0.15, 0.2) is 0 Å². The molecule has 1 nitrogen and oxygen atoms in total. The smallest absolute Gasteiger partial charge is 0.126 e. The van der Waals surface area contributed by atoms with Gasteiger partial charge in [-0.3, -0.25) is 0 Å². The Morgan fingerprint density at radius 1 is 0.609 bits per heavy atom. The molecule has 0 radical (unpaired) electrons. The number of halogens is 3. The summed E-state index contributed by atoms with van der Waals surface area (Å²) in [5.41, 5.74) is 0. The van der Waals surface area contributed by atoms with E-state index >= 15 is 0 Å². The minimum absolute atomic E-state index is 0.176. The first-order chi connectivity index (χ1) is 11.0. The molecule has 0 saturated heterocycles. The van der Waals surface area contributed by atoms with Crippen molar-refractivity contribution in [3.63, 3.8) is 0 Å². The van der Waals surface area contributed by atoms with Crippen molar-refractivity contribution in [3.8, 4) is 5.75 Å². The third-order valence-corrected chi connectivity index (χ3v) is 5.84. The van der Waals surface area contributed by atoms with E-state index in [0.29, 0.717) is 5.30 Å². The summed E-state index contributed by atoms with van der Waals surface area (Å²) in [4.78, 5) is 0. The summed E-state index contributed by atoms with van der Waals surface area (Å²) in [6.07, 6.45) is 0. The van der Waals surface area contributed by atoms with Crippen LogP contribution in [0.1, 0.15) is 0 Å². The average Bonchev–Trinajstić information content (AvgIpc) is 2.53. The van der Waals surface area contributed by atoms with Crippen molar-refractivity contribution < 1.29 is 18.3 Å². The van der Waals surface area contributed by atoms with Crippen LogP contribution in [-0.4, -0.2) is 5.11 Å². The van der Waals surface area contributed by atoms with Gasteiger partial charge >= 0.3 is 0 Å². The van der Waals surface area contributed by atoms with Gasteiger partial charge in [0.2, 0.25) is 0 Å². The maximum absolute atomic E-state index is 13.3. The largest absolute Gasteiger partial charge is 0.507 e. The van der Waals surface area contributed by atoms with E-state index in [-0.39, 0.29) is 17.4 Å². The lowest BCUT2D eigenvalue weighted by atomic mass is 10.3. The Labute approximate surface area is 132 Å². The first-order valence-corrected chi connectivity index (χ1v) is 8.18. The zero-order valence-corrected chi connectivity index (χ0v) is 12.8. The van der Waals surface area contributed by atoms with E-state index < -0.39 is 13.7 Å². The fourth-order valence-electron chi connectivity index (χ4n) is 2.29. The van der Waals surface area contributed by atoms with Gasteiger partial charge in [0, 0.05) is 11.4 Å². The maximum Gasteiger partial charge on any atom is 0.126 e. The summed E-state index contributed by atoms with van der Waals surface area (Å²) in [6, 6.07) is 15.6. The van der Waals surface area contributed by atoms with Gasteiger partial charge in [-0.1, -0.05) is 24.3 Å². The molecule has 3 aromatic carbocycles. The van der Waals surface area contributed by atoms with Gasteiger partial charge in [-0.15, -0.1) is 0 Å². The molecule has 5 heteroatoms. The lowest BCUT2D eigenvalue weighted by molar-refractivity contribution is 0.473. The molecular formula is C18H12F3OP. The molecule has 0 atom stereocenters. The summed E-state index contributed by atoms with van der Waals surface area (Å²) in [7, 11) is -1.25. The normalized spacial score (nSPS) is 11.0. The lowest BCUT2D eigenvalue weighted by Crippen LogP contribution is -2.21. The van der Waals surface area contributed by atoms with Gasteiger partial charge in [0.25, 0.3) is 0 Å². The Hall–Kier alpha value is -2.32. The molecule has 0 fully saturated rings. The monoisotopic (exact) mass is 332 g/mol. The van der Waals surface area contributed by atoms with E-state index in [0.717, 1.165) is 16.7 Å². The minimum atomic E-state index is -1.25. The standard InChI is InChI=1S/C18H12F3OP/c19-12-1-6-15(7-2-12)23(16-8-3-13(20)4-9-16)18-10-5-14(21)11-17(18)22/h1-11,22H. The summed E-state index contributed by atoms with van der Waals surface area (Å²) in [6.45, 7) is 0. The van der Waals surface area contributed by atoms with Crippen LogP contribution in [-0.2, 0) is 0 Å². The molecule has 23 heavy (non-hydrogen) atoms. The topological polar surface area (TPSA) is 20.2 Å². The molecule has 0 saturated carbocycles. The van der Waals surface area contributed by atoms with Crippen LogP contribution in [0.25, 0.3) is 0 Å². The van der Waals surface area contributed by atoms with E-state index in [1.807, 2.05) is 0 Å². The third-order valence-electron chi connectivity index (χ3n) is 3.35. The Kier molecular flexibility index (Phi) is 4.35. The Balaban J connectivity index is 2.16. The van der Waals surface area contributed by atoms with Gasteiger partial charge < -0.3 is 5.11 Å². The predicted octanol–water partition coefficient (Wildman–Crippen LogP) is 3.57. The summed E-state index contributed by atoms with van der Waals surface area (Å²) < 4.78 is 39.7. The first-order valence-electron chi connectivity index (χ1n) is 6.84. The second-order valence-electron chi connectivity index (χ2n) is 4.92. The maximum atomic E-state index is 13.3. The number of phenols is 1. The van der Waals surface area contributed by atoms with Crippen molar-refractivity contribution in [2.75, 3.05) is 0 Å². The zero-order chi connectivity index (χ0) is 16.4. The quantitative estimate of drug-likeness (QED) is 0.727. The molecule has 3 rings (SSSR count). The molecule has 116 valence electrons. The summed E-state index contributed by atoms with van der Waals surface area (Å²) >= 11 is 0. The number of hydrogen-bond acceptors (Lipinski definition) is 1. The van der Waals surface area contributed by atoms with Crippen molar-refractivity contribution in [3.05, 3.63) is 84.2 Å². The highest BCUT2D eigenvalue weighted by molar-refractivity contribution is 7.80. The molecule has 0 aliphatic carbocycles. The number of phenolic OH excluding ortho intramolecular Hbond substituents is 1. The molecule has 0 aromatic heterocycles. The predicted molar refractivity (Wildman–Crippen MR) is 86.7 cm³/mol. The van der Waals surface area contributed by atoms with Crippen LogP contribution in [0, 0.1) is 17.5 Å². The van der Waals surface area contributed by atoms with Crippen LogP contribution in [0.5, 0.6) is 5.75 Å². The van der Waals surface area contributed by atoms with Crippen LogP contribution in [0.15, 0.2) is 66.7 Å². The molecule has 0 heterocycles. The third kappa shape index (κ3) is 3.38. The van der Waals surface area contributed by atoms with Crippen molar-refractivity contribution in [1.29, 1.82) is 0 Å². The van der Waals surface area contributed by atoms with E-state index in [1.165, 1.54) is 36.4 Å². The molecule has 0 amide bonds. The van der Waals surface area contributed by atoms with Gasteiger partial charge in [0.05, 0.1) is 0 Å². The summed E-state index contributed by atoms with van der Waals surface area (Å²) in [5, 5.41) is 12.2. The molecule has 0 unspecified atom stereocenters. The number of benzene rings is 3. The summed E-state index contributed by atoms with van der Waals surface area (Å²) in [5.74, 6) is -1.46. The molecule has 0 bridgehead atoms. The van der Waals surface area contributed by atoms with Crippen molar-refractivity contribution >= 4 is 23.8 Å². The molecule has 3 aromatic rings. The molecular weight excluding hydrogens is 320 g/mol. The molecule has 0 aliphatic heterocycles. The first kappa shape index (κ1) is 15.6. The fraction of sp³-hybridized carbons (Fsp3) is 0. The Morgan fingerprint density at radius 3 is 1.48 bits per heavy atom. The van der Waals surface area contributed by atoms with Crippen molar-refractivity contribution in [1.82, 2.24) is 0 Å². The zero-order valence-electron chi connectivity index (χ0n) is 11.9. The molecule has 0 aliphatic rings. The molecule has 0 spiro atoms. The minimum Gasteiger partial charge on any atom is -0.507 e. The SMILES string of the molecule is Oc1cc(F)ccc1P(c1ccc(F)cc1)c1ccc(F)cc1. The van der Waals surface area contributed by atoms with Crippen LogP contribution >= 0.6 is 7.92 Å². The van der Waals surface area contributed by atoms with E-state index in [9.17, 15) is 18.3 Å². The van der Waals surface area contributed by atoms with Gasteiger partial charge in [0.1, 0.15) is 23.2 Å².